The number of rotatable bonds is 4. The normalized spacial score (nSPS) is 16.9. The summed E-state index contributed by atoms with van der Waals surface area (Å²) < 4.78 is 0. The number of thioether (sulfide) groups is 1. The number of hydrogen-bond acceptors (Lipinski definition) is 5. The van der Waals surface area contributed by atoms with Crippen molar-refractivity contribution in [3.63, 3.8) is 0 Å². The predicted octanol–water partition coefficient (Wildman–Crippen LogP) is 3.83. The Balaban J connectivity index is 1.72. The minimum absolute atomic E-state index is 0.0516. The maximum Gasteiger partial charge on any atom is 0.266 e. The molecule has 0 unspecified atom stereocenters. The van der Waals surface area contributed by atoms with Crippen molar-refractivity contribution in [2.45, 2.75) is 6.92 Å². The van der Waals surface area contributed by atoms with E-state index in [1.807, 2.05) is 55.5 Å². The lowest BCUT2D eigenvalue weighted by molar-refractivity contribution is -0.255. The molecular formula is C23H17N2O3S-. The zero-order valence-electron chi connectivity index (χ0n) is 15.7. The van der Waals surface area contributed by atoms with Crippen molar-refractivity contribution in [1.82, 2.24) is 4.90 Å². The Labute approximate surface area is 172 Å². The summed E-state index contributed by atoms with van der Waals surface area (Å²) in [5.41, 5.74) is 1.48. The van der Waals surface area contributed by atoms with Crippen molar-refractivity contribution >= 4 is 51.3 Å². The molecule has 0 spiro atoms. The van der Waals surface area contributed by atoms with Crippen LogP contribution in [-0.4, -0.2) is 28.5 Å². The minimum Gasteiger partial charge on any atom is -0.545 e. The van der Waals surface area contributed by atoms with Gasteiger partial charge in [-0.3, -0.25) is 9.69 Å². The van der Waals surface area contributed by atoms with E-state index in [1.54, 1.807) is 17.0 Å². The van der Waals surface area contributed by atoms with Crippen LogP contribution in [-0.2, 0) is 4.79 Å². The molecule has 3 aromatic carbocycles. The van der Waals surface area contributed by atoms with Crippen molar-refractivity contribution < 1.29 is 14.7 Å². The van der Waals surface area contributed by atoms with Gasteiger partial charge in [-0.05, 0) is 58.8 Å². The number of likely N-dealkylation sites (N-methyl/N-ethyl adjacent to an activating group) is 1. The van der Waals surface area contributed by atoms with Gasteiger partial charge in [-0.2, -0.15) is 0 Å². The number of benzene rings is 3. The molecule has 0 bridgehead atoms. The summed E-state index contributed by atoms with van der Waals surface area (Å²) in [5, 5.41) is 13.8. The second-order valence-electron chi connectivity index (χ2n) is 6.46. The Morgan fingerprint density at radius 3 is 2.66 bits per heavy atom. The number of carbonyl (C=O) groups excluding carboxylic acids is 2. The Kier molecular flexibility index (Phi) is 5.18. The monoisotopic (exact) mass is 401 g/mol. The molecular weight excluding hydrogens is 384 g/mol. The standard InChI is InChI=1S/C23H18N2O3S/c1-2-25-21(26)20(14-16-9-5-8-15-7-3-4-12-19(15)16)29-23(25)24-18-11-6-10-17(13-18)22(27)28/h3-14H,2H2,1H3,(H,27,28)/p-1/b20-14+,24-23?. The molecule has 1 heterocycles. The van der Waals surface area contributed by atoms with Gasteiger partial charge >= 0.3 is 0 Å². The summed E-state index contributed by atoms with van der Waals surface area (Å²) in [6, 6.07) is 20.2. The van der Waals surface area contributed by atoms with E-state index in [0.717, 1.165) is 16.3 Å². The molecule has 1 amide bonds. The van der Waals surface area contributed by atoms with E-state index in [4.69, 9.17) is 0 Å². The number of fused-ring (bicyclic) bond motifs is 1. The first-order chi connectivity index (χ1) is 14.1. The summed E-state index contributed by atoms with van der Waals surface area (Å²) in [6.45, 7) is 2.35. The number of carboxylic acids is 1. The van der Waals surface area contributed by atoms with Crippen molar-refractivity contribution in [3.05, 3.63) is 82.8 Å². The number of nitrogens with zero attached hydrogens (tertiary/aromatic N) is 2. The van der Waals surface area contributed by atoms with Crippen LogP contribution in [0.3, 0.4) is 0 Å². The van der Waals surface area contributed by atoms with E-state index >= 15 is 0 Å². The largest absolute Gasteiger partial charge is 0.545 e. The van der Waals surface area contributed by atoms with E-state index in [0.29, 0.717) is 22.3 Å². The topological polar surface area (TPSA) is 72.8 Å². The molecule has 6 heteroatoms. The van der Waals surface area contributed by atoms with Gasteiger partial charge in [0.1, 0.15) is 0 Å². The number of hydrogen-bond donors (Lipinski definition) is 0. The van der Waals surface area contributed by atoms with Crippen molar-refractivity contribution in [2.24, 2.45) is 4.99 Å². The van der Waals surface area contributed by atoms with Crippen LogP contribution in [0.15, 0.2) is 76.6 Å². The first kappa shape index (κ1) is 19.0. The predicted molar refractivity (Wildman–Crippen MR) is 115 cm³/mol. The fraction of sp³-hybridized carbons (Fsp3) is 0.0870. The smallest absolute Gasteiger partial charge is 0.266 e. The fourth-order valence-electron chi connectivity index (χ4n) is 3.20. The Morgan fingerprint density at radius 1 is 1.10 bits per heavy atom. The number of aromatic carboxylic acids is 1. The van der Waals surface area contributed by atoms with Crippen molar-refractivity contribution in [1.29, 1.82) is 0 Å². The molecule has 1 saturated heterocycles. The SMILES string of the molecule is CCN1C(=O)/C(=C\c2cccc3ccccc23)SC1=Nc1cccc(C(=O)[O-])c1. The zero-order valence-corrected chi connectivity index (χ0v) is 16.5. The Hall–Kier alpha value is -3.38. The number of amides is 1. The van der Waals surface area contributed by atoms with Crippen LogP contribution < -0.4 is 5.11 Å². The molecule has 3 aromatic rings. The highest BCUT2D eigenvalue weighted by atomic mass is 32.2. The molecule has 29 heavy (non-hydrogen) atoms. The summed E-state index contributed by atoms with van der Waals surface area (Å²) in [4.78, 5) is 30.7. The molecule has 4 rings (SSSR count). The van der Waals surface area contributed by atoms with E-state index in [9.17, 15) is 14.7 Å². The lowest BCUT2D eigenvalue weighted by atomic mass is 10.0. The molecule has 0 radical (unpaired) electrons. The minimum atomic E-state index is -1.26. The highest BCUT2D eigenvalue weighted by Crippen LogP contribution is 2.35. The molecule has 1 aliphatic rings. The third-order valence-corrected chi connectivity index (χ3v) is 5.63. The summed E-state index contributed by atoms with van der Waals surface area (Å²) in [7, 11) is 0. The van der Waals surface area contributed by atoms with E-state index in [1.165, 1.54) is 23.9 Å². The highest BCUT2D eigenvalue weighted by molar-refractivity contribution is 8.18. The quantitative estimate of drug-likeness (QED) is 0.623. The second kappa shape index (κ2) is 7.93. The van der Waals surface area contributed by atoms with Crippen LogP contribution in [0.1, 0.15) is 22.8 Å². The Morgan fingerprint density at radius 2 is 1.86 bits per heavy atom. The first-order valence-corrected chi connectivity index (χ1v) is 9.97. The lowest BCUT2D eigenvalue weighted by Gasteiger charge is -2.12. The maximum atomic E-state index is 12.9. The van der Waals surface area contributed by atoms with Crippen molar-refractivity contribution in [2.75, 3.05) is 6.54 Å². The molecule has 1 aliphatic heterocycles. The van der Waals surface area contributed by atoms with E-state index in [-0.39, 0.29) is 11.5 Å². The third-order valence-electron chi connectivity index (χ3n) is 4.62. The van der Waals surface area contributed by atoms with Gasteiger partial charge < -0.3 is 9.90 Å². The van der Waals surface area contributed by atoms with Crippen LogP contribution in [0.2, 0.25) is 0 Å². The molecule has 144 valence electrons. The first-order valence-electron chi connectivity index (χ1n) is 9.16. The average Bonchev–Trinajstić information content (AvgIpc) is 3.02. The Bertz CT molecular complexity index is 1180. The third kappa shape index (κ3) is 3.79. The number of carboxylic acid groups (broad SMARTS) is 1. The van der Waals surface area contributed by atoms with Gasteiger partial charge in [-0.15, -0.1) is 0 Å². The molecule has 0 atom stereocenters. The van der Waals surface area contributed by atoms with E-state index < -0.39 is 5.97 Å². The summed E-state index contributed by atoms with van der Waals surface area (Å²) in [5.74, 6) is -1.37. The lowest BCUT2D eigenvalue weighted by Crippen LogP contribution is -2.28. The molecule has 0 N–H and O–H groups in total. The van der Waals surface area contributed by atoms with Gasteiger partial charge in [-0.1, -0.05) is 54.6 Å². The van der Waals surface area contributed by atoms with E-state index in [2.05, 4.69) is 4.99 Å². The van der Waals surface area contributed by atoms with Crippen molar-refractivity contribution in [3.8, 4) is 0 Å². The van der Waals surface area contributed by atoms with Crippen LogP contribution in [0, 0.1) is 0 Å². The van der Waals surface area contributed by atoms with Gasteiger partial charge in [0, 0.05) is 6.54 Å². The van der Waals surface area contributed by atoms with Gasteiger partial charge in [0.2, 0.25) is 0 Å². The van der Waals surface area contributed by atoms with Gasteiger partial charge in [0.25, 0.3) is 5.91 Å². The van der Waals surface area contributed by atoms with Crippen LogP contribution in [0.4, 0.5) is 5.69 Å². The summed E-state index contributed by atoms with van der Waals surface area (Å²) in [6.07, 6.45) is 1.89. The molecule has 0 saturated carbocycles. The highest BCUT2D eigenvalue weighted by Gasteiger charge is 2.32. The molecule has 0 aromatic heterocycles. The van der Waals surface area contributed by atoms with Gasteiger partial charge in [0.15, 0.2) is 5.17 Å². The van der Waals surface area contributed by atoms with Gasteiger partial charge in [-0.25, -0.2) is 4.99 Å². The average molecular weight is 401 g/mol. The number of aliphatic imine (C=N–C) groups is 1. The van der Waals surface area contributed by atoms with Crippen LogP contribution >= 0.6 is 11.8 Å². The summed E-state index contributed by atoms with van der Waals surface area (Å²) >= 11 is 1.29. The van der Waals surface area contributed by atoms with Crippen LogP contribution in [0.5, 0.6) is 0 Å². The number of amidine groups is 1. The maximum absolute atomic E-state index is 12.9. The zero-order chi connectivity index (χ0) is 20.4. The van der Waals surface area contributed by atoms with Crippen LogP contribution in [0.25, 0.3) is 16.8 Å². The second-order valence-corrected chi connectivity index (χ2v) is 7.47. The van der Waals surface area contributed by atoms with Gasteiger partial charge in [0.05, 0.1) is 16.6 Å². The fourth-order valence-corrected chi connectivity index (χ4v) is 4.25. The molecule has 0 aliphatic carbocycles. The number of carbonyl (C=O) groups is 2. The molecule has 5 nitrogen and oxygen atoms in total. The molecule has 1 fully saturated rings.